The minimum absolute atomic E-state index is 0.104. The molecule has 2 amide bonds. The summed E-state index contributed by atoms with van der Waals surface area (Å²) in [6.07, 6.45) is 2.47. The first-order valence-corrected chi connectivity index (χ1v) is 11.2. The van der Waals surface area contributed by atoms with Gasteiger partial charge in [0.25, 0.3) is 5.91 Å². The van der Waals surface area contributed by atoms with Gasteiger partial charge in [-0.2, -0.15) is 0 Å². The molecular formula is C26H36N2O3. The summed E-state index contributed by atoms with van der Waals surface area (Å²) in [5.41, 5.74) is 4.29. The highest BCUT2D eigenvalue weighted by molar-refractivity contribution is 5.88. The van der Waals surface area contributed by atoms with Gasteiger partial charge in [0.05, 0.1) is 0 Å². The predicted octanol–water partition coefficient (Wildman–Crippen LogP) is 4.71. The first-order chi connectivity index (χ1) is 14.8. The van der Waals surface area contributed by atoms with Crippen LogP contribution in [0, 0.1) is 20.8 Å². The number of unbranched alkanes of at least 4 members (excludes halogenated alkanes) is 1. The van der Waals surface area contributed by atoms with E-state index in [4.69, 9.17) is 4.74 Å². The molecule has 0 unspecified atom stereocenters. The van der Waals surface area contributed by atoms with Gasteiger partial charge in [0.15, 0.2) is 6.61 Å². The van der Waals surface area contributed by atoms with Crippen LogP contribution in [0.1, 0.15) is 55.4 Å². The minimum atomic E-state index is -0.535. The minimum Gasteiger partial charge on any atom is -0.484 e. The van der Waals surface area contributed by atoms with Crippen LogP contribution >= 0.6 is 0 Å². The Hall–Kier alpha value is -2.82. The number of ether oxygens (including phenoxy) is 1. The molecule has 1 atom stereocenters. The molecule has 2 aromatic carbocycles. The van der Waals surface area contributed by atoms with Gasteiger partial charge < -0.3 is 15.0 Å². The molecule has 0 aliphatic rings. The van der Waals surface area contributed by atoms with Gasteiger partial charge in [-0.1, -0.05) is 56.2 Å². The average Bonchev–Trinajstić information content (AvgIpc) is 2.71. The molecule has 0 aromatic heterocycles. The number of carbonyl (C=O) groups is 2. The zero-order valence-electron chi connectivity index (χ0n) is 19.5. The number of hydrogen-bond donors (Lipinski definition) is 1. The maximum atomic E-state index is 13.2. The van der Waals surface area contributed by atoms with E-state index in [9.17, 15) is 9.59 Å². The lowest BCUT2D eigenvalue weighted by Gasteiger charge is -2.30. The Kier molecular flexibility index (Phi) is 9.57. The molecule has 0 bridgehead atoms. The number of hydrogen-bond acceptors (Lipinski definition) is 3. The summed E-state index contributed by atoms with van der Waals surface area (Å²) in [6, 6.07) is 13.4. The second kappa shape index (κ2) is 12.1. The first-order valence-electron chi connectivity index (χ1n) is 11.2. The standard InChI is InChI=1S/C26H36N2O3/c1-6-8-12-27-26(30)24(7-2)28(17-22-11-9-10-19(3)14-22)25(29)18-31-23-15-20(4)13-21(5)16-23/h9-11,13-16,24H,6-8,12,17-18H2,1-5H3,(H,27,30)/t24-/m0/s1. The van der Waals surface area contributed by atoms with Gasteiger partial charge in [-0.3, -0.25) is 9.59 Å². The molecule has 5 nitrogen and oxygen atoms in total. The molecule has 0 saturated heterocycles. The Morgan fingerprint density at radius 3 is 2.32 bits per heavy atom. The molecule has 168 valence electrons. The number of benzene rings is 2. The molecular weight excluding hydrogens is 388 g/mol. The van der Waals surface area contributed by atoms with E-state index in [0.29, 0.717) is 25.3 Å². The van der Waals surface area contributed by atoms with Crippen molar-refractivity contribution in [1.29, 1.82) is 0 Å². The molecule has 31 heavy (non-hydrogen) atoms. The zero-order valence-corrected chi connectivity index (χ0v) is 19.5. The van der Waals surface area contributed by atoms with Crippen molar-refractivity contribution >= 4 is 11.8 Å². The van der Waals surface area contributed by atoms with E-state index in [0.717, 1.165) is 35.1 Å². The third-order valence-corrected chi connectivity index (χ3v) is 5.21. The maximum absolute atomic E-state index is 13.2. The lowest BCUT2D eigenvalue weighted by atomic mass is 10.1. The Balaban J connectivity index is 2.19. The number of carbonyl (C=O) groups excluding carboxylic acids is 2. The molecule has 0 radical (unpaired) electrons. The number of nitrogens with one attached hydrogen (secondary N) is 1. The van der Waals surface area contributed by atoms with E-state index in [2.05, 4.69) is 18.3 Å². The fourth-order valence-corrected chi connectivity index (χ4v) is 3.68. The van der Waals surface area contributed by atoms with Crippen LogP contribution in [-0.4, -0.2) is 35.9 Å². The van der Waals surface area contributed by atoms with E-state index >= 15 is 0 Å². The van der Waals surface area contributed by atoms with Crippen LogP contribution in [-0.2, 0) is 16.1 Å². The van der Waals surface area contributed by atoms with E-state index in [1.165, 1.54) is 0 Å². The normalized spacial score (nSPS) is 11.6. The Bertz CT molecular complexity index is 858. The number of aryl methyl sites for hydroxylation is 3. The molecule has 0 spiro atoms. The number of amides is 2. The first kappa shape index (κ1) is 24.4. The molecule has 0 heterocycles. The molecule has 0 aliphatic carbocycles. The largest absolute Gasteiger partial charge is 0.484 e. The van der Waals surface area contributed by atoms with Crippen LogP contribution in [0.5, 0.6) is 5.75 Å². The number of rotatable bonds is 11. The van der Waals surface area contributed by atoms with Gasteiger partial charge in [-0.25, -0.2) is 0 Å². The van der Waals surface area contributed by atoms with Crippen molar-refractivity contribution in [2.24, 2.45) is 0 Å². The van der Waals surface area contributed by atoms with Crippen molar-refractivity contribution in [1.82, 2.24) is 10.2 Å². The van der Waals surface area contributed by atoms with E-state index in [1.807, 2.05) is 64.1 Å². The summed E-state index contributed by atoms with van der Waals surface area (Å²) in [4.78, 5) is 27.8. The summed E-state index contributed by atoms with van der Waals surface area (Å²) in [5, 5.41) is 2.98. The fraction of sp³-hybridized carbons (Fsp3) is 0.462. The molecule has 2 rings (SSSR count). The Morgan fingerprint density at radius 1 is 1.00 bits per heavy atom. The number of nitrogens with zero attached hydrogens (tertiary/aromatic N) is 1. The Labute approximate surface area is 186 Å². The van der Waals surface area contributed by atoms with Gasteiger partial charge in [-0.15, -0.1) is 0 Å². The molecule has 0 aliphatic heterocycles. The molecule has 5 heteroatoms. The third-order valence-electron chi connectivity index (χ3n) is 5.21. The highest BCUT2D eigenvalue weighted by atomic mass is 16.5. The van der Waals surface area contributed by atoms with Crippen molar-refractivity contribution in [2.75, 3.05) is 13.2 Å². The molecule has 1 N–H and O–H groups in total. The summed E-state index contributed by atoms with van der Waals surface area (Å²) < 4.78 is 5.82. The van der Waals surface area contributed by atoms with Gasteiger partial charge in [0, 0.05) is 13.1 Å². The second-order valence-corrected chi connectivity index (χ2v) is 8.19. The van der Waals surface area contributed by atoms with Crippen molar-refractivity contribution in [3.8, 4) is 5.75 Å². The molecule has 2 aromatic rings. The lowest BCUT2D eigenvalue weighted by Crippen LogP contribution is -2.50. The van der Waals surface area contributed by atoms with Crippen LogP contribution in [0.2, 0.25) is 0 Å². The summed E-state index contributed by atoms with van der Waals surface area (Å²) in [5.74, 6) is 0.364. The van der Waals surface area contributed by atoms with E-state index in [1.54, 1.807) is 4.90 Å². The highest BCUT2D eigenvalue weighted by Gasteiger charge is 2.28. The predicted molar refractivity (Wildman–Crippen MR) is 125 cm³/mol. The lowest BCUT2D eigenvalue weighted by molar-refractivity contribution is -0.143. The van der Waals surface area contributed by atoms with Crippen LogP contribution in [0.4, 0.5) is 0 Å². The summed E-state index contributed by atoms with van der Waals surface area (Å²) in [7, 11) is 0. The zero-order chi connectivity index (χ0) is 22.8. The van der Waals surface area contributed by atoms with Crippen LogP contribution in [0.25, 0.3) is 0 Å². The molecule has 0 fully saturated rings. The van der Waals surface area contributed by atoms with Gasteiger partial charge >= 0.3 is 0 Å². The third kappa shape index (κ3) is 7.74. The quantitative estimate of drug-likeness (QED) is 0.531. The fourth-order valence-electron chi connectivity index (χ4n) is 3.68. The van der Waals surface area contributed by atoms with Crippen LogP contribution in [0.3, 0.4) is 0 Å². The van der Waals surface area contributed by atoms with Gasteiger partial charge in [0.2, 0.25) is 5.91 Å². The summed E-state index contributed by atoms with van der Waals surface area (Å²) >= 11 is 0. The van der Waals surface area contributed by atoms with Crippen LogP contribution < -0.4 is 10.1 Å². The topological polar surface area (TPSA) is 58.6 Å². The van der Waals surface area contributed by atoms with Crippen molar-refractivity contribution in [2.45, 2.75) is 66.5 Å². The summed E-state index contributed by atoms with van der Waals surface area (Å²) in [6.45, 7) is 10.9. The monoisotopic (exact) mass is 424 g/mol. The maximum Gasteiger partial charge on any atom is 0.261 e. The van der Waals surface area contributed by atoms with Gasteiger partial charge in [-0.05, 0) is 62.4 Å². The van der Waals surface area contributed by atoms with Crippen molar-refractivity contribution in [3.05, 3.63) is 64.7 Å². The van der Waals surface area contributed by atoms with E-state index < -0.39 is 6.04 Å². The van der Waals surface area contributed by atoms with Crippen LogP contribution in [0.15, 0.2) is 42.5 Å². The van der Waals surface area contributed by atoms with Crippen molar-refractivity contribution < 1.29 is 14.3 Å². The molecule has 0 saturated carbocycles. The average molecular weight is 425 g/mol. The van der Waals surface area contributed by atoms with Crippen molar-refractivity contribution in [3.63, 3.8) is 0 Å². The van der Waals surface area contributed by atoms with Gasteiger partial charge in [0.1, 0.15) is 11.8 Å². The second-order valence-electron chi connectivity index (χ2n) is 8.19. The SMILES string of the molecule is CCCCNC(=O)[C@H](CC)N(Cc1cccc(C)c1)C(=O)COc1cc(C)cc(C)c1. The smallest absolute Gasteiger partial charge is 0.261 e. The van der Waals surface area contributed by atoms with E-state index in [-0.39, 0.29) is 18.4 Å². The highest BCUT2D eigenvalue weighted by Crippen LogP contribution is 2.18. The Morgan fingerprint density at radius 2 is 1.71 bits per heavy atom.